The predicted molar refractivity (Wildman–Crippen MR) is 61.0 cm³/mol. The van der Waals surface area contributed by atoms with Gasteiger partial charge in [0.2, 0.25) is 0 Å². The molecule has 14 heavy (non-hydrogen) atoms. The molecule has 2 rings (SSSR count). The number of aliphatic imine (C=N–C) groups is 1. The normalized spacial score (nSPS) is 16.9. The third kappa shape index (κ3) is 2.13. The number of rotatable bonds is 2. The first-order chi connectivity index (χ1) is 6.81. The Bertz CT molecular complexity index is 358. The molecule has 0 amide bonds. The van der Waals surface area contributed by atoms with E-state index in [4.69, 9.17) is 5.84 Å². The maximum atomic E-state index is 5.45. The quantitative estimate of drug-likeness (QED) is 0.366. The summed E-state index contributed by atoms with van der Waals surface area (Å²) in [4.78, 5) is 4.49. The van der Waals surface area contributed by atoms with Gasteiger partial charge in [-0.1, -0.05) is 34.1 Å². The van der Waals surface area contributed by atoms with Gasteiger partial charge in [0, 0.05) is 10.0 Å². The Morgan fingerprint density at radius 1 is 1.43 bits per heavy atom. The lowest BCUT2D eigenvalue weighted by atomic mass is 10.2. The van der Waals surface area contributed by atoms with Crippen molar-refractivity contribution in [1.29, 1.82) is 0 Å². The minimum atomic E-state index is 0.466. The van der Waals surface area contributed by atoms with Gasteiger partial charge in [-0.25, -0.2) is 5.84 Å². The van der Waals surface area contributed by atoms with E-state index in [-0.39, 0.29) is 0 Å². The van der Waals surface area contributed by atoms with Crippen LogP contribution in [0.4, 0.5) is 0 Å². The maximum absolute atomic E-state index is 5.45. The standard InChI is InChI=1S/C10H12BrN3/c11-9-4-2-1-3-8(9)10(14-12)13-7-5-6-7/h1-4,7H,5-6,12H2,(H,13,14). The first-order valence-corrected chi connectivity index (χ1v) is 5.40. The highest BCUT2D eigenvalue weighted by Crippen LogP contribution is 2.25. The predicted octanol–water partition coefficient (Wildman–Crippen LogP) is 1.82. The lowest BCUT2D eigenvalue weighted by Gasteiger charge is -2.07. The molecule has 3 N–H and O–H groups in total. The maximum Gasteiger partial charge on any atom is 0.143 e. The highest BCUT2D eigenvalue weighted by Gasteiger charge is 2.21. The molecule has 0 saturated heterocycles. The zero-order valence-corrected chi connectivity index (χ0v) is 9.29. The zero-order chi connectivity index (χ0) is 9.97. The summed E-state index contributed by atoms with van der Waals surface area (Å²) >= 11 is 3.47. The fraction of sp³-hybridized carbons (Fsp3) is 0.300. The zero-order valence-electron chi connectivity index (χ0n) is 7.70. The van der Waals surface area contributed by atoms with Crippen LogP contribution in [0.15, 0.2) is 33.7 Å². The molecule has 3 nitrogen and oxygen atoms in total. The van der Waals surface area contributed by atoms with Crippen LogP contribution in [0.5, 0.6) is 0 Å². The Morgan fingerprint density at radius 2 is 2.14 bits per heavy atom. The summed E-state index contributed by atoms with van der Waals surface area (Å²) in [6, 6.07) is 8.38. The van der Waals surface area contributed by atoms with Crippen LogP contribution >= 0.6 is 15.9 Å². The van der Waals surface area contributed by atoms with Crippen LogP contribution in [-0.4, -0.2) is 11.9 Å². The summed E-state index contributed by atoms with van der Waals surface area (Å²) in [7, 11) is 0. The number of amidine groups is 1. The third-order valence-electron chi connectivity index (χ3n) is 2.12. The number of hydrogen-bond donors (Lipinski definition) is 2. The molecule has 0 unspecified atom stereocenters. The average Bonchev–Trinajstić information content (AvgIpc) is 2.99. The van der Waals surface area contributed by atoms with Gasteiger partial charge in [-0.3, -0.25) is 4.99 Å². The number of nitrogens with one attached hydrogen (secondary N) is 1. The summed E-state index contributed by atoms with van der Waals surface area (Å²) in [6.07, 6.45) is 2.35. The van der Waals surface area contributed by atoms with Gasteiger partial charge in [0.05, 0.1) is 6.04 Å². The number of hydrazine groups is 1. The van der Waals surface area contributed by atoms with Crippen LogP contribution in [-0.2, 0) is 0 Å². The van der Waals surface area contributed by atoms with Gasteiger partial charge in [-0.05, 0) is 18.9 Å². The van der Waals surface area contributed by atoms with Gasteiger partial charge in [-0.2, -0.15) is 0 Å². The molecule has 0 radical (unpaired) electrons. The van der Waals surface area contributed by atoms with E-state index in [0.717, 1.165) is 15.9 Å². The minimum Gasteiger partial charge on any atom is -0.308 e. The molecule has 0 aromatic heterocycles. The van der Waals surface area contributed by atoms with Gasteiger partial charge in [0.1, 0.15) is 5.84 Å². The number of benzene rings is 1. The van der Waals surface area contributed by atoms with Crippen LogP contribution in [0.1, 0.15) is 18.4 Å². The van der Waals surface area contributed by atoms with Crippen molar-refractivity contribution in [2.24, 2.45) is 10.8 Å². The van der Waals surface area contributed by atoms with Crippen LogP contribution in [0, 0.1) is 0 Å². The van der Waals surface area contributed by atoms with Crippen molar-refractivity contribution in [2.75, 3.05) is 0 Å². The molecule has 1 aliphatic rings. The summed E-state index contributed by atoms with van der Waals surface area (Å²) in [5, 5.41) is 0. The average molecular weight is 254 g/mol. The molecule has 1 saturated carbocycles. The van der Waals surface area contributed by atoms with Gasteiger partial charge in [0.25, 0.3) is 0 Å². The smallest absolute Gasteiger partial charge is 0.143 e. The molecule has 0 bridgehead atoms. The van der Waals surface area contributed by atoms with Crippen molar-refractivity contribution in [3.8, 4) is 0 Å². The molecule has 0 spiro atoms. The van der Waals surface area contributed by atoms with E-state index in [2.05, 4.69) is 26.3 Å². The molecule has 1 fully saturated rings. The van der Waals surface area contributed by atoms with Crippen molar-refractivity contribution in [3.63, 3.8) is 0 Å². The fourth-order valence-corrected chi connectivity index (χ4v) is 1.70. The van der Waals surface area contributed by atoms with Gasteiger partial charge in [-0.15, -0.1) is 0 Å². The van der Waals surface area contributed by atoms with Crippen molar-refractivity contribution >= 4 is 21.8 Å². The fourth-order valence-electron chi connectivity index (χ4n) is 1.22. The molecule has 0 heterocycles. The molecular weight excluding hydrogens is 242 g/mol. The molecule has 74 valence electrons. The highest BCUT2D eigenvalue weighted by molar-refractivity contribution is 9.10. The minimum absolute atomic E-state index is 0.466. The first-order valence-electron chi connectivity index (χ1n) is 4.60. The Morgan fingerprint density at radius 3 is 2.71 bits per heavy atom. The van der Waals surface area contributed by atoms with Crippen molar-refractivity contribution in [1.82, 2.24) is 5.43 Å². The van der Waals surface area contributed by atoms with Gasteiger partial charge < -0.3 is 5.43 Å². The molecule has 4 heteroatoms. The monoisotopic (exact) mass is 253 g/mol. The van der Waals surface area contributed by atoms with E-state index in [1.54, 1.807) is 0 Å². The Hall–Kier alpha value is -0.870. The van der Waals surface area contributed by atoms with E-state index in [0.29, 0.717) is 6.04 Å². The highest BCUT2D eigenvalue weighted by atomic mass is 79.9. The molecule has 0 atom stereocenters. The third-order valence-corrected chi connectivity index (χ3v) is 2.82. The summed E-state index contributed by atoms with van der Waals surface area (Å²) < 4.78 is 1.01. The Labute approximate surface area is 91.5 Å². The summed E-state index contributed by atoms with van der Waals surface area (Å²) in [5.41, 5.74) is 3.67. The molecule has 1 aromatic carbocycles. The summed E-state index contributed by atoms with van der Waals surface area (Å²) in [6.45, 7) is 0. The number of halogens is 1. The first kappa shape index (κ1) is 9.68. The topological polar surface area (TPSA) is 50.4 Å². The second-order valence-corrected chi connectivity index (χ2v) is 4.19. The van der Waals surface area contributed by atoms with E-state index < -0.39 is 0 Å². The number of hydrogen-bond acceptors (Lipinski definition) is 2. The van der Waals surface area contributed by atoms with Crippen LogP contribution in [0.25, 0.3) is 0 Å². The van der Waals surface area contributed by atoms with Crippen molar-refractivity contribution in [3.05, 3.63) is 34.3 Å². The van der Waals surface area contributed by atoms with E-state index >= 15 is 0 Å². The molecular formula is C10H12BrN3. The lowest BCUT2D eigenvalue weighted by molar-refractivity contribution is 0.970. The second kappa shape index (κ2) is 4.11. The van der Waals surface area contributed by atoms with Crippen LogP contribution in [0.2, 0.25) is 0 Å². The number of nitrogens with two attached hydrogens (primary N) is 1. The van der Waals surface area contributed by atoms with Gasteiger partial charge in [0.15, 0.2) is 0 Å². The molecule has 1 aliphatic carbocycles. The second-order valence-electron chi connectivity index (χ2n) is 3.33. The SMILES string of the molecule is NNC(=NC1CC1)c1ccccc1Br. The summed E-state index contributed by atoms with van der Waals surface area (Å²) in [5.74, 6) is 6.21. The van der Waals surface area contributed by atoms with Crippen LogP contribution < -0.4 is 11.3 Å². The van der Waals surface area contributed by atoms with E-state index in [1.165, 1.54) is 12.8 Å². The largest absolute Gasteiger partial charge is 0.308 e. The molecule has 1 aromatic rings. The Balaban J connectivity index is 2.30. The van der Waals surface area contributed by atoms with Gasteiger partial charge >= 0.3 is 0 Å². The van der Waals surface area contributed by atoms with E-state index in [9.17, 15) is 0 Å². The Kier molecular flexibility index (Phi) is 2.84. The van der Waals surface area contributed by atoms with E-state index in [1.807, 2.05) is 24.3 Å². The molecule has 0 aliphatic heterocycles. The van der Waals surface area contributed by atoms with Crippen molar-refractivity contribution < 1.29 is 0 Å². The van der Waals surface area contributed by atoms with Crippen LogP contribution in [0.3, 0.4) is 0 Å². The number of nitrogens with zero attached hydrogens (tertiary/aromatic N) is 1. The van der Waals surface area contributed by atoms with Crippen molar-refractivity contribution in [2.45, 2.75) is 18.9 Å². The lowest BCUT2D eigenvalue weighted by Crippen LogP contribution is -2.31.